The summed E-state index contributed by atoms with van der Waals surface area (Å²) in [6.45, 7) is 8.53. The average Bonchev–Trinajstić information content (AvgIpc) is 3.27. The lowest BCUT2D eigenvalue weighted by Gasteiger charge is -2.43. The van der Waals surface area contributed by atoms with Crippen LogP contribution in [0, 0.1) is 18.2 Å². The number of aromatic nitrogens is 5. The van der Waals surface area contributed by atoms with Gasteiger partial charge in [-0.3, -0.25) is 13.9 Å². The number of nitrogens with zero attached hydrogens (tertiary/aromatic N) is 5. The number of hydrogen-bond donors (Lipinski definition) is 1. The number of imidazole rings is 1. The van der Waals surface area contributed by atoms with Gasteiger partial charge in [0.25, 0.3) is 5.56 Å². The van der Waals surface area contributed by atoms with Crippen molar-refractivity contribution >= 4 is 11.2 Å². The first-order valence-electron chi connectivity index (χ1n) is 13.4. The average molecular weight is 536 g/mol. The standard InChI is InChI=1S/C29H34FN5O4/c1-5-33-26-24(27(37)34(28(33)38)15-6-16-36)35(17-19-7-9-20(30)10-8-19)25(32-26)21-11-12-23(31-18(21)2)39-22-13-14-29(22,3)4/h7-12,22,36H,5-6,13-17H2,1-4H3. The van der Waals surface area contributed by atoms with E-state index < -0.39 is 11.2 Å². The number of aliphatic hydroxyl groups is 1. The molecule has 0 aliphatic heterocycles. The van der Waals surface area contributed by atoms with Gasteiger partial charge in [-0.25, -0.2) is 19.2 Å². The number of halogens is 1. The molecule has 4 aromatic rings. The van der Waals surface area contributed by atoms with Crippen molar-refractivity contribution in [3.8, 4) is 17.3 Å². The van der Waals surface area contributed by atoms with Crippen molar-refractivity contribution in [3.63, 3.8) is 0 Å². The number of fused-ring (bicyclic) bond motifs is 1. The Morgan fingerprint density at radius 2 is 1.82 bits per heavy atom. The summed E-state index contributed by atoms with van der Waals surface area (Å²) in [6, 6.07) is 9.75. The topological polar surface area (TPSA) is 104 Å². The molecule has 3 heterocycles. The fourth-order valence-electron chi connectivity index (χ4n) is 5.18. The van der Waals surface area contributed by atoms with Crippen LogP contribution in [0.25, 0.3) is 22.6 Å². The minimum atomic E-state index is -0.480. The molecule has 1 aromatic carbocycles. The lowest BCUT2D eigenvalue weighted by molar-refractivity contribution is -0.0213. The highest BCUT2D eigenvalue weighted by Gasteiger charge is 2.40. The monoisotopic (exact) mass is 535 g/mol. The van der Waals surface area contributed by atoms with Gasteiger partial charge in [0, 0.05) is 43.3 Å². The molecule has 10 heteroatoms. The summed E-state index contributed by atoms with van der Waals surface area (Å²) in [6.07, 6.45) is 2.47. The molecule has 1 aliphatic carbocycles. The fraction of sp³-hybridized carbons (Fsp3) is 0.448. The zero-order valence-electron chi connectivity index (χ0n) is 22.8. The molecule has 5 rings (SSSR count). The van der Waals surface area contributed by atoms with Crippen LogP contribution >= 0.6 is 0 Å². The molecule has 3 aromatic heterocycles. The summed E-state index contributed by atoms with van der Waals surface area (Å²) in [4.78, 5) is 36.4. The molecule has 206 valence electrons. The summed E-state index contributed by atoms with van der Waals surface area (Å²) in [7, 11) is 0. The molecule has 0 bridgehead atoms. The van der Waals surface area contributed by atoms with Gasteiger partial charge in [-0.05, 0) is 56.9 Å². The molecule has 1 atom stereocenters. The second kappa shape index (κ2) is 10.4. The molecule has 39 heavy (non-hydrogen) atoms. The number of benzene rings is 1. The SMILES string of the molecule is CCn1c(=O)n(CCCO)c(=O)c2c1nc(-c1ccc(OC3CCC3(C)C)nc1C)n2Cc1ccc(F)cc1. The number of aliphatic hydroxyl groups excluding tert-OH is 1. The zero-order chi connectivity index (χ0) is 27.9. The van der Waals surface area contributed by atoms with Crippen molar-refractivity contribution in [2.75, 3.05) is 6.61 Å². The Bertz CT molecular complexity index is 1630. The summed E-state index contributed by atoms with van der Waals surface area (Å²) in [5.41, 5.74) is 1.85. The fourth-order valence-corrected chi connectivity index (χ4v) is 5.18. The van der Waals surface area contributed by atoms with Crippen molar-refractivity contribution in [2.24, 2.45) is 5.41 Å². The summed E-state index contributed by atoms with van der Waals surface area (Å²) >= 11 is 0. The number of aryl methyl sites for hydroxylation is 2. The van der Waals surface area contributed by atoms with Gasteiger partial charge >= 0.3 is 5.69 Å². The minimum absolute atomic E-state index is 0.0886. The predicted octanol–water partition coefficient (Wildman–Crippen LogP) is 3.89. The molecule has 0 saturated heterocycles. The molecular weight excluding hydrogens is 501 g/mol. The van der Waals surface area contributed by atoms with E-state index >= 15 is 0 Å². The Morgan fingerprint density at radius 1 is 1.08 bits per heavy atom. The van der Waals surface area contributed by atoms with Gasteiger partial charge in [-0.1, -0.05) is 26.0 Å². The van der Waals surface area contributed by atoms with Crippen LogP contribution in [0.2, 0.25) is 0 Å². The molecular formula is C29H34FN5O4. The second-order valence-corrected chi connectivity index (χ2v) is 10.8. The highest BCUT2D eigenvalue weighted by atomic mass is 19.1. The maximum absolute atomic E-state index is 13.7. The van der Waals surface area contributed by atoms with Crippen molar-refractivity contribution < 1.29 is 14.2 Å². The van der Waals surface area contributed by atoms with E-state index in [1.807, 2.05) is 26.0 Å². The van der Waals surface area contributed by atoms with Crippen LogP contribution in [0.1, 0.15) is 51.3 Å². The smallest absolute Gasteiger partial charge is 0.332 e. The molecule has 9 nitrogen and oxygen atoms in total. The van der Waals surface area contributed by atoms with Crippen LogP contribution in [0.3, 0.4) is 0 Å². The van der Waals surface area contributed by atoms with E-state index in [-0.39, 0.29) is 54.6 Å². The number of pyridine rings is 1. The van der Waals surface area contributed by atoms with Gasteiger partial charge in [-0.2, -0.15) is 0 Å². The van der Waals surface area contributed by atoms with Gasteiger partial charge in [0.2, 0.25) is 5.88 Å². The van der Waals surface area contributed by atoms with E-state index in [0.717, 1.165) is 23.0 Å². The van der Waals surface area contributed by atoms with Crippen LogP contribution in [0.15, 0.2) is 46.0 Å². The third kappa shape index (κ3) is 4.89. The number of hydrogen-bond acceptors (Lipinski definition) is 6. The van der Waals surface area contributed by atoms with E-state index in [9.17, 15) is 19.1 Å². The first-order chi connectivity index (χ1) is 18.6. The van der Waals surface area contributed by atoms with Gasteiger partial charge in [0.1, 0.15) is 17.7 Å². The molecule has 0 spiro atoms. The Labute approximate surface area is 225 Å². The van der Waals surface area contributed by atoms with Crippen molar-refractivity contribution in [3.05, 3.63) is 74.3 Å². The third-order valence-electron chi connectivity index (χ3n) is 7.71. The molecule has 1 aliphatic rings. The van der Waals surface area contributed by atoms with Crippen molar-refractivity contribution in [1.82, 2.24) is 23.7 Å². The van der Waals surface area contributed by atoms with E-state index in [2.05, 4.69) is 13.8 Å². The van der Waals surface area contributed by atoms with E-state index in [4.69, 9.17) is 14.7 Å². The lowest BCUT2D eigenvalue weighted by Crippen LogP contribution is -2.44. The van der Waals surface area contributed by atoms with Gasteiger partial charge < -0.3 is 14.4 Å². The molecule has 1 unspecified atom stereocenters. The normalized spacial score (nSPS) is 16.4. The lowest BCUT2D eigenvalue weighted by atomic mass is 9.69. The van der Waals surface area contributed by atoms with Crippen LogP contribution in [-0.2, 0) is 19.6 Å². The Kier molecular flexibility index (Phi) is 7.15. The van der Waals surface area contributed by atoms with Gasteiger partial charge in [0.05, 0.1) is 5.69 Å². The largest absolute Gasteiger partial charge is 0.474 e. The van der Waals surface area contributed by atoms with E-state index in [0.29, 0.717) is 29.5 Å². The van der Waals surface area contributed by atoms with Crippen LogP contribution in [0.4, 0.5) is 4.39 Å². The van der Waals surface area contributed by atoms with E-state index in [1.54, 1.807) is 16.7 Å². The Balaban J connectivity index is 1.69. The molecule has 1 fully saturated rings. The molecule has 0 radical (unpaired) electrons. The second-order valence-electron chi connectivity index (χ2n) is 10.8. The Morgan fingerprint density at radius 3 is 2.41 bits per heavy atom. The zero-order valence-corrected chi connectivity index (χ0v) is 22.8. The summed E-state index contributed by atoms with van der Waals surface area (Å²) < 4.78 is 24.2. The van der Waals surface area contributed by atoms with Crippen LogP contribution in [0.5, 0.6) is 5.88 Å². The summed E-state index contributed by atoms with van der Waals surface area (Å²) in [5, 5.41) is 9.34. The van der Waals surface area contributed by atoms with Crippen LogP contribution < -0.4 is 16.0 Å². The maximum Gasteiger partial charge on any atom is 0.332 e. The third-order valence-corrected chi connectivity index (χ3v) is 7.71. The highest BCUT2D eigenvalue weighted by Crippen LogP contribution is 2.42. The van der Waals surface area contributed by atoms with E-state index in [1.165, 1.54) is 16.7 Å². The van der Waals surface area contributed by atoms with Crippen molar-refractivity contribution in [1.29, 1.82) is 0 Å². The number of ether oxygens (including phenoxy) is 1. The van der Waals surface area contributed by atoms with Crippen molar-refractivity contribution in [2.45, 2.75) is 72.7 Å². The molecule has 1 N–H and O–H groups in total. The van der Waals surface area contributed by atoms with Crippen LogP contribution in [-0.4, -0.2) is 41.5 Å². The quantitative estimate of drug-likeness (QED) is 0.349. The maximum atomic E-state index is 13.7. The number of rotatable bonds is 9. The predicted molar refractivity (Wildman–Crippen MR) is 147 cm³/mol. The molecule has 0 amide bonds. The summed E-state index contributed by atoms with van der Waals surface area (Å²) in [5.74, 6) is 0.659. The first kappa shape index (κ1) is 26.8. The minimum Gasteiger partial charge on any atom is -0.474 e. The van der Waals surface area contributed by atoms with Gasteiger partial charge in [-0.15, -0.1) is 0 Å². The first-order valence-corrected chi connectivity index (χ1v) is 13.4. The Hall–Kier alpha value is -3.79. The highest BCUT2D eigenvalue weighted by molar-refractivity contribution is 5.78. The molecule has 1 saturated carbocycles. The van der Waals surface area contributed by atoms with Gasteiger partial charge in [0.15, 0.2) is 11.2 Å².